The Bertz CT molecular complexity index is 643. The van der Waals surface area contributed by atoms with E-state index in [0.29, 0.717) is 19.4 Å². The van der Waals surface area contributed by atoms with Gasteiger partial charge in [0.15, 0.2) is 11.6 Å². The van der Waals surface area contributed by atoms with Gasteiger partial charge >= 0.3 is 0 Å². The quantitative estimate of drug-likeness (QED) is 0.359. The van der Waals surface area contributed by atoms with Crippen molar-refractivity contribution in [1.82, 2.24) is 16.0 Å². The van der Waals surface area contributed by atoms with Gasteiger partial charge in [0.25, 0.3) is 0 Å². The third-order valence-electron chi connectivity index (χ3n) is 5.23. The molecule has 0 aliphatic carbocycles. The molecule has 33 heavy (non-hydrogen) atoms. The Kier molecular flexibility index (Phi) is 12.0. The molecular formula is C27H53N3O3. The van der Waals surface area contributed by atoms with Crippen LogP contribution in [0.2, 0.25) is 0 Å². The molecule has 1 amide bonds. The highest BCUT2D eigenvalue weighted by molar-refractivity contribution is 5.89. The molecule has 3 N–H and O–H groups in total. The molecular weight excluding hydrogens is 414 g/mol. The fourth-order valence-electron chi connectivity index (χ4n) is 3.71. The molecule has 0 aromatic rings. The maximum Gasteiger partial charge on any atom is 0.219 e. The first kappa shape index (κ1) is 31.7. The number of amides is 1. The normalized spacial score (nSPS) is 15.2. The van der Waals surface area contributed by atoms with Gasteiger partial charge in [0.05, 0.1) is 12.1 Å². The van der Waals surface area contributed by atoms with E-state index in [1.165, 1.54) is 0 Å². The van der Waals surface area contributed by atoms with Crippen molar-refractivity contribution in [3.8, 4) is 0 Å². The number of rotatable bonds is 12. The molecule has 0 bridgehead atoms. The maximum atomic E-state index is 12.8. The van der Waals surface area contributed by atoms with Crippen molar-refractivity contribution in [2.45, 2.75) is 138 Å². The highest BCUT2D eigenvalue weighted by atomic mass is 16.2. The summed E-state index contributed by atoms with van der Waals surface area (Å²) < 4.78 is 0. The molecule has 0 aliphatic heterocycles. The Hall–Kier alpha value is -1.27. The number of ketones is 2. The zero-order valence-corrected chi connectivity index (χ0v) is 23.6. The topological polar surface area (TPSA) is 87.3 Å². The first-order chi connectivity index (χ1) is 14.6. The van der Waals surface area contributed by atoms with Crippen LogP contribution in [0.5, 0.6) is 0 Å². The smallest absolute Gasteiger partial charge is 0.219 e. The van der Waals surface area contributed by atoms with Crippen LogP contribution < -0.4 is 16.0 Å². The molecule has 0 spiro atoms. The lowest BCUT2D eigenvalue weighted by Crippen LogP contribution is -2.52. The molecule has 0 aromatic carbocycles. The molecule has 0 heterocycles. The third-order valence-corrected chi connectivity index (χ3v) is 5.23. The van der Waals surface area contributed by atoms with Gasteiger partial charge in [0.2, 0.25) is 5.91 Å². The summed E-state index contributed by atoms with van der Waals surface area (Å²) in [6.45, 7) is 24.4. The van der Waals surface area contributed by atoms with Crippen molar-refractivity contribution < 1.29 is 14.4 Å². The average molecular weight is 468 g/mol. The van der Waals surface area contributed by atoms with Crippen LogP contribution in [0.4, 0.5) is 0 Å². The van der Waals surface area contributed by atoms with Crippen molar-refractivity contribution in [2.75, 3.05) is 6.54 Å². The number of nitrogens with one attached hydrogen (secondary N) is 3. The third kappa shape index (κ3) is 14.6. The summed E-state index contributed by atoms with van der Waals surface area (Å²) in [6.07, 6.45) is 3.25. The van der Waals surface area contributed by atoms with Crippen molar-refractivity contribution in [2.24, 2.45) is 10.8 Å². The number of carbonyl (C=O) groups is 3. The summed E-state index contributed by atoms with van der Waals surface area (Å²) in [5, 5.41) is 9.82. The molecule has 6 nitrogen and oxygen atoms in total. The number of unbranched alkanes of at least 4 members (excludes halogenated alkanes) is 1. The first-order valence-corrected chi connectivity index (χ1v) is 12.5. The first-order valence-electron chi connectivity index (χ1n) is 12.5. The summed E-state index contributed by atoms with van der Waals surface area (Å²) in [6, 6.07) is -0.501. The van der Waals surface area contributed by atoms with Gasteiger partial charge in [-0.05, 0) is 60.8 Å². The van der Waals surface area contributed by atoms with Gasteiger partial charge < -0.3 is 16.0 Å². The molecule has 6 heteroatoms. The van der Waals surface area contributed by atoms with E-state index in [2.05, 4.69) is 36.7 Å². The zero-order chi connectivity index (χ0) is 26.3. The van der Waals surface area contributed by atoms with Crippen LogP contribution in [-0.4, -0.2) is 47.2 Å². The Labute approximate surface area is 203 Å². The van der Waals surface area contributed by atoms with Crippen LogP contribution in [0.15, 0.2) is 0 Å². The van der Waals surface area contributed by atoms with Gasteiger partial charge in [0.1, 0.15) is 0 Å². The SMILES string of the molecule is CC(C)(C)NC(CCCCC(=O)NCCC(NC(C)(C)C)C(=O)C(C)(C)C)C(=O)C(C)(C)C. The second kappa shape index (κ2) is 12.4. The van der Waals surface area contributed by atoms with Gasteiger partial charge in [-0.1, -0.05) is 48.0 Å². The molecule has 0 fully saturated rings. The molecule has 2 unspecified atom stereocenters. The lowest BCUT2D eigenvalue weighted by atomic mass is 9.83. The molecule has 0 aromatic heterocycles. The largest absolute Gasteiger partial charge is 0.356 e. The molecule has 0 saturated carbocycles. The highest BCUT2D eigenvalue weighted by Crippen LogP contribution is 2.22. The van der Waals surface area contributed by atoms with Crippen molar-refractivity contribution in [3.05, 3.63) is 0 Å². The van der Waals surface area contributed by atoms with Gasteiger partial charge in [-0.2, -0.15) is 0 Å². The minimum Gasteiger partial charge on any atom is -0.356 e. The lowest BCUT2D eigenvalue weighted by molar-refractivity contribution is -0.129. The van der Waals surface area contributed by atoms with Crippen LogP contribution in [0.3, 0.4) is 0 Å². The zero-order valence-electron chi connectivity index (χ0n) is 23.6. The Morgan fingerprint density at radius 1 is 0.606 bits per heavy atom. The summed E-state index contributed by atoms with van der Waals surface area (Å²) in [7, 11) is 0. The number of carbonyl (C=O) groups excluding carboxylic acids is 3. The van der Waals surface area contributed by atoms with Crippen molar-refractivity contribution in [3.63, 3.8) is 0 Å². The van der Waals surface area contributed by atoms with E-state index in [9.17, 15) is 14.4 Å². The Morgan fingerprint density at radius 2 is 1.00 bits per heavy atom. The summed E-state index contributed by atoms with van der Waals surface area (Å²) in [5.41, 5.74) is -1.17. The minimum absolute atomic E-state index is 0.00445. The second-order valence-electron chi connectivity index (χ2n) is 13.5. The predicted molar refractivity (Wildman–Crippen MR) is 138 cm³/mol. The highest BCUT2D eigenvalue weighted by Gasteiger charge is 2.32. The molecule has 2 atom stereocenters. The summed E-state index contributed by atoms with van der Waals surface area (Å²) in [4.78, 5) is 38.0. The molecule has 0 saturated heterocycles. The fraction of sp³-hybridized carbons (Fsp3) is 0.889. The summed E-state index contributed by atoms with van der Waals surface area (Å²) >= 11 is 0. The van der Waals surface area contributed by atoms with E-state index < -0.39 is 10.8 Å². The van der Waals surface area contributed by atoms with E-state index in [1.54, 1.807) is 0 Å². The lowest BCUT2D eigenvalue weighted by Gasteiger charge is -2.32. The second-order valence-corrected chi connectivity index (χ2v) is 13.5. The van der Waals surface area contributed by atoms with Crippen LogP contribution >= 0.6 is 0 Å². The van der Waals surface area contributed by atoms with E-state index in [4.69, 9.17) is 0 Å². The van der Waals surface area contributed by atoms with Crippen LogP contribution in [0, 0.1) is 10.8 Å². The van der Waals surface area contributed by atoms with Gasteiger partial charge in [-0.25, -0.2) is 0 Å². The number of hydrogen-bond donors (Lipinski definition) is 3. The Morgan fingerprint density at radius 3 is 1.36 bits per heavy atom. The maximum absolute atomic E-state index is 12.8. The van der Waals surface area contributed by atoms with Crippen molar-refractivity contribution in [1.29, 1.82) is 0 Å². The molecule has 0 radical (unpaired) electrons. The van der Waals surface area contributed by atoms with Crippen LogP contribution in [-0.2, 0) is 14.4 Å². The van der Waals surface area contributed by atoms with E-state index in [-0.39, 0.29) is 40.6 Å². The van der Waals surface area contributed by atoms with Gasteiger partial charge in [-0.3, -0.25) is 14.4 Å². The van der Waals surface area contributed by atoms with Crippen LogP contribution in [0.25, 0.3) is 0 Å². The summed E-state index contributed by atoms with van der Waals surface area (Å²) in [5.74, 6) is 0.366. The van der Waals surface area contributed by atoms with Crippen molar-refractivity contribution >= 4 is 17.5 Å². The van der Waals surface area contributed by atoms with E-state index >= 15 is 0 Å². The predicted octanol–water partition coefficient (Wildman–Crippen LogP) is 4.80. The van der Waals surface area contributed by atoms with Crippen LogP contribution in [0.1, 0.15) is 115 Å². The molecule has 194 valence electrons. The average Bonchev–Trinajstić information content (AvgIpc) is 2.58. The van der Waals surface area contributed by atoms with Gasteiger partial charge in [-0.15, -0.1) is 0 Å². The number of Topliss-reactive ketones (excluding diaryl/α,β-unsaturated/α-hetero) is 2. The fourth-order valence-corrected chi connectivity index (χ4v) is 3.71. The molecule has 0 aliphatic rings. The number of hydrogen-bond acceptors (Lipinski definition) is 5. The standard InChI is InChI=1S/C27H53N3O3/c1-24(2,3)22(32)19(29-26(7,8)9)15-13-14-16-21(31)28-18-17-20(30-27(10,11)12)23(33)25(4,5)6/h19-20,29-30H,13-18H2,1-12H3,(H,28,31). The monoisotopic (exact) mass is 467 g/mol. The minimum atomic E-state index is -0.435. The van der Waals surface area contributed by atoms with E-state index in [1.807, 2.05) is 62.3 Å². The Balaban J connectivity index is 4.64. The van der Waals surface area contributed by atoms with Gasteiger partial charge in [0, 0.05) is 34.9 Å². The van der Waals surface area contributed by atoms with E-state index in [0.717, 1.165) is 19.3 Å². The molecule has 0 rings (SSSR count).